The van der Waals surface area contributed by atoms with Crippen molar-refractivity contribution in [3.63, 3.8) is 0 Å². The van der Waals surface area contributed by atoms with E-state index >= 15 is 0 Å². The molecule has 0 saturated carbocycles. The molecule has 1 saturated heterocycles. The fraction of sp³-hybridized carbons (Fsp3) is 0.500. The molecule has 1 heterocycles. The molecule has 0 aliphatic carbocycles. The van der Waals surface area contributed by atoms with E-state index in [-0.39, 0.29) is 22.4 Å². The van der Waals surface area contributed by atoms with Crippen LogP contribution in [0.1, 0.15) is 18.4 Å². The predicted octanol–water partition coefficient (Wildman–Crippen LogP) is 0.563. The number of sulfonamides is 2. The molecule has 0 aromatic heterocycles. The zero-order valence-corrected chi connectivity index (χ0v) is 13.2. The summed E-state index contributed by atoms with van der Waals surface area (Å²) >= 11 is 0. The van der Waals surface area contributed by atoms with Crippen LogP contribution in [0.15, 0.2) is 23.1 Å². The van der Waals surface area contributed by atoms with Crippen molar-refractivity contribution >= 4 is 25.7 Å². The topological polar surface area (TPSA) is 116 Å². The predicted molar refractivity (Wildman–Crippen MR) is 78.9 cm³/mol. The second kappa shape index (κ2) is 5.91. The molecule has 0 radical (unpaired) electrons. The van der Waals surface area contributed by atoms with Crippen molar-refractivity contribution < 1.29 is 21.6 Å². The van der Waals surface area contributed by atoms with Crippen LogP contribution in [0.2, 0.25) is 0 Å². The maximum absolute atomic E-state index is 12.0. The molecule has 1 aromatic carbocycles. The van der Waals surface area contributed by atoms with E-state index in [4.69, 9.17) is 9.88 Å². The van der Waals surface area contributed by atoms with Gasteiger partial charge < -0.3 is 4.74 Å². The summed E-state index contributed by atoms with van der Waals surface area (Å²) in [4.78, 5) is -0.0974. The summed E-state index contributed by atoms with van der Waals surface area (Å²) in [6.45, 7) is 2.16. The molecule has 1 unspecified atom stereocenters. The summed E-state index contributed by atoms with van der Waals surface area (Å²) in [6, 6.07) is 4.22. The molecule has 1 atom stereocenters. The summed E-state index contributed by atoms with van der Waals surface area (Å²) in [6.07, 6.45) is 1.24. The first-order valence-corrected chi connectivity index (χ1v) is 9.63. The van der Waals surface area contributed by atoms with E-state index in [1.807, 2.05) is 0 Å². The van der Waals surface area contributed by atoms with Gasteiger partial charge in [0.2, 0.25) is 20.0 Å². The third-order valence-electron chi connectivity index (χ3n) is 3.20. The minimum atomic E-state index is -3.89. The number of anilines is 1. The van der Waals surface area contributed by atoms with Crippen LogP contribution in [0.5, 0.6) is 0 Å². The summed E-state index contributed by atoms with van der Waals surface area (Å²) < 4.78 is 54.6. The fourth-order valence-corrected chi connectivity index (χ4v) is 4.34. The molecule has 21 heavy (non-hydrogen) atoms. The van der Waals surface area contributed by atoms with E-state index in [1.54, 1.807) is 6.92 Å². The van der Waals surface area contributed by atoms with E-state index in [9.17, 15) is 16.8 Å². The highest BCUT2D eigenvalue weighted by molar-refractivity contribution is 7.92. The van der Waals surface area contributed by atoms with Crippen molar-refractivity contribution in [1.29, 1.82) is 0 Å². The molecule has 7 nitrogen and oxygen atoms in total. The number of nitrogens with one attached hydrogen (secondary N) is 1. The van der Waals surface area contributed by atoms with E-state index < -0.39 is 20.0 Å². The van der Waals surface area contributed by atoms with Gasteiger partial charge in [0.1, 0.15) is 0 Å². The highest BCUT2D eigenvalue weighted by atomic mass is 32.2. The SMILES string of the molecule is Cc1ccc(NS(=O)(=O)CC2CCCO2)cc1S(N)(=O)=O. The number of hydrogen-bond donors (Lipinski definition) is 2. The van der Waals surface area contributed by atoms with Crippen LogP contribution in [0.4, 0.5) is 5.69 Å². The standard InChI is InChI=1S/C12H18N2O5S2/c1-9-4-5-10(7-12(9)21(13,17)18)14-20(15,16)8-11-3-2-6-19-11/h4-5,7,11,14H,2-3,6,8H2,1H3,(H2,13,17,18). The molecule has 1 aliphatic heterocycles. The molecule has 9 heteroatoms. The number of primary sulfonamides is 1. The number of ether oxygens (including phenoxy) is 1. The van der Waals surface area contributed by atoms with Crippen molar-refractivity contribution in [2.24, 2.45) is 5.14 Å². The van der Waals surface area contributed by atoms with Gasteiger partial charge in [0.05, 0.1) is 16.8 Å². The van der Waals surface area contributed by atoms with Crippen LogP contribution in [0.3, 0.4) is 0 Å². The van der Waals surface area contributed by atoms with Crippen molar-refractivity contribution in [3.05, 3.63) is 23.8 Å². The summed E-state index contributed by atoms with van der Waals surface area (Å²) in [5.41, 5.74) is 0.627. The largest absolute Gasteiger partial charge is 0.377 e. The van der Waals surface area contributed by atoms with Gasteiger partial charge in [0.15, 0.2) is 0 Å². The lowest BCUT2D eigenvalue weighted by Gasteiger charge is -2.13. The zero-order chi connectivity index (χ0) is 15.7. The molecule has 0 spiro atoms. The van der Waals surface area contributed by atoms with Crippen molar-refractivity contribution in [2.75, 3.05) is 17.1 Å². The Morgan fingerprint density at radius 1 is 1.33 bits per heavy atom. The number of rotatable bonds is 5. The fourth-order valence-electron chi connectivity index (χ4n) is 2.21. The van der Waals surface area contributed by atoms with Crippen LogP contribution in [0, 0.1) is 6.92 Å². The number of aryl methyl sites for hydroxylation is 1. The van der Waals surface area contributed by atoms with Gasteiger partial charge in [-0.15, -0.1) is 0 Å². The second-order valence-corrected chi connectivity index (χ2v) is 8.34. The van der Waals surface area contributed by atoms with Crippen molar-refractivity contribution in [2.45, 2.75) is 30.8 Å². The van der Waals surface area contributed by atoms with E-state index in [0.29, 0.717) is 18.6 Å². The molecular weight excluding hydrogens is 316 g/mol. The van der Waals surface area contributed by atoms with Gasteiger partial charge in [0, 0.05) is 12.3 Å². The molecule has 1 aromatic rings. The van der Waals surface area contributed by atoms with Crippen LogP contribution >= 0.6 is 0 Å². The Morgan fingerprint density at radius 2 is 2.05 bits per heavy atom. The molecule has 0 bridgehead atoms. The van der Waals surface area contributed by atoms with Gasteiger partial charge >= 0.3 is 0 Å². The normalized spacial score (nSPS) is 19.6. The smallest absolute Gasteiger partial charge is 0.238 e. The highest BCUT2D eigenvalue weighted by Crippen LogP contribution is 2.21. The van der Waals surface area contributed by atoms with Crippen LogP contribution < -0.4 is 9.86 Å². The first kappa shape index (κ1) is 16.2. The Kier molecular flexibility index (Phi) is 4.57. The molecule has 3 N–H and O–H groups in total. The number of benzene rings is 1. The Balaban J connectivity index is 2.19. The quantitative estimate of drug-likeness (QED) is 0.816. The average Bonchev–Trinajstić information content (AvgIpc) is 2.81. The van der Waals surface area contributed by atoms with Crippen molar-refractivity contribution in [1.82, 2.24) is 0 Å². The van der Waals surface area contributed by atoms with Gasteiger partial charge in [-0.25, -0.2) is 22.0 Å². The van der Waals surface area contributed by atoms with Crippen LogP contribution in [-0.2, 0) is 24.8 Å². The molecule has 1 fully saturated rings. The van der Waals surface area contributed by atoms with Gasteiger partial charge in [-0.05, 0) is 37.5 Å². The Bertz CT molecular complexity index is 722. The first-order valence-electron chi connectivity index (χ1n) is 6.43. The van der Waals surface area contributed by atoms with E-state index in [1.165, 1.54) is 18.2 Å². The summed E-state index contributed by atoms with van der Waals surface area (Å²) in [7, 11) is -7.50. The Hall–Kier alpha value is -1.16. The monoisotopic (exact) mass is 334 g/mol. The first-order chi connectivity index (χ1) is 9.67. The van der Waals surface area contributed by atoms with Gasteiger partial charge in [-0.1, -0.05) is 6.07 Å². The highest BCUT2D eigenvalue weighted by Gasteiger charge is 2.23. The minimum Gasteiger partial charge on any atom is -0.377 e. The van der Waals surface area contributed by atoms with Crippen LogP contribution in [-0.4, -0.2) is 35.3 Å². The Labute approximate surface area is 124 Å². The molecule has 0 amide bonds. The average molecular weight is 334 g/mol. The third-order valence-corrected chi connectivity index (χ3v) is 5.61. The van der Waals surface area contributed by atoms with Gasteiger partial charge in [0.25, 0.3) is 0 Å². The lowest BCUT2D eigenvalue weighted by Crippen LogP contribution is -2.26. The number of nitrogens with two attached hydrogens (primary N) is 1. The van der Waals surface area contributed by atoms with Gasteiger partial charge in [-0.2, -0.15) is 0 Å². The molecular formula is C12H18N2O5S2. The minimum absolute atomic E-state index is 0.0974. The summed E-state index contributed by atoms with van der Waals surface area (Å²) in [5.74, 6) is -0.147. The second-order valence-electron chi connectivity index (χ2n) is 5.04. The maximum Gasteiger partial charge on any atom is 0.238 e. The van der Waals surface area contributed by atoms with Crippen molar-refractivity contribution in [3.8, 4) is 0 Å². The third kappa shape index (κ3) is 4.40. The maximum atomic E-state index is 12.0. The zero-order valence-electron chi connectivity index (χ0n) is 11.6. The lowest BCUT2D eigenvalue weighted by molar-refractivity contribution is 0.127. The Morgan fingerprint density at radius 3 is 2.62 bits per heavy atom. The van der Waals surface area contributed by atoms with E-state index in [2.05, 4.69) is 4.72 Å². The molecule has 2 rings (SSSR count). The molecule has 1 aliphatic rings. The van der Waals surface area contributed by atoms with E-state index in [0.717, 1.165) is 6.42 Å². The lowest BCUT2D eigenvalue weighted by atomic mass is 10.2. The van der Waals surface area contributed by atoms with Crippen LogP contribution in [0.25, 0.3) is 0 Å². The summed E-state index contributed by atoms with van der Waals surface area (Å²) in [5, 5.41) is 5.10. The number of hydrogen-bond acceptors (Lipinski definition) is 5. The van der Waals surface area contributed by atoms with Gasteiger partial charge in [-0.3, -0.25) is 4.72 Å². The molecule has 118 valence electrons.